The summed E-state index contributed by atoms with van der Waals surface area (Å²) in [5, 5.41) is 14.6. The van der Waals surface area contributed by atoms with Gasteiger partial charge in [0.2, 0.25) is 5.78 Å². The fourth-order valence-corrected chi connectivity index (χ4v) is 6.29. The van der Waals surface area contributed by atoms with Crippen molar-refractivity contribution in [3.8, 4) is 0 Å². The molecule has 3 aromatic rings. The Morgan fingerprint density at radius 1 is 1.41 bits per heavy atom. The highest BCUT2D eigenvalue weighted by Gasteiger charge is 2.47. The fraction of sp³-hybridized carbons (Fsp3) is 0.458. The van der Waals surface area contributed by atoms with Crippen molar-refractivity contribution in [2.45, 2.75) is 43.8 Å². The zero-order valence-electron chi connectivity index (χ0n) is 18.9. The van der Waals surface area contributed by atoms with Crippen LogP contribution >= 0.6 is 22.9 Å². The minimum Gasteiger partial charge on any atom is -0.396 e. The smallest absolute Gasteiger partial charge is 0.280 e. The summed E-state index contributed by atoms with van der Waals surface area (Å²) in [7, 11) is 2.05. The van der Waals surface area contributed by atoms with Crippen molar-refractivity contribution in [1.29, 1.82) is 0 Å². The first-order valence-electron chi connectivity index (χ1n) is 11.5. The summed E-state index contributed by atoms with van der Waals surface area (Å²) in [6.45, 7) is 1.67. The Hall–Kier alpha value is -2.30. The van der Waals surface area contributed by atoms with Crippen molar-refractivity contribution in [1.82, 2.24) is 20.2 Å². The molecule has 1 amide bonds. The number of halogens is 1. The number of ketones is 1. The maximum atomic E-state index is 13.7. The van der Waals surface area contributed by atoms with Crippen LogP contribution in [0.4, 0.5) is 0 Å². The molecule has 0 saturated heterocycles. The van der Waals surface area contributed by atoms with Gasteiger partial charge < -0.3 is 26.0 Å². The van der Waals surface area contributed by atoms with Gasteiger partial charge in [-0.15, -0.1) is 11.3 Å². The number of hydrogen-bond acceptors (Lipinski definition) is 7. The van der Waals surface area contributed by atoms with E-state index in [0.29, 0.717) is 35.0 Å². The third kappa shape index (κ3) is 4.27. The summed E-state index contributed by atoms with van der Waals surface area (Å²) in [5.74, 6) is -0.618. The van der Waals surface area contributed by atoms with E-state index in [-0.39, 0.29) is 24.2 Å². The predicted octanol–water partition coefficient (Wildman–Crippen LogP) is 2.74. The monoisotopic (exact) mass is 501 g/mol. The van der Waals surface area contributed by atoms with Gasteiger partial charge in [0.1, 0.15) is 5.54 Å². The molecule has 5 rings (SSSR count). The number of aliphatic hydroxyl groups is 1. The van der Waals surface area contributed by atoms with Crippen LogP contribution in [0.5, 0.6) is 0 Å². The van der Waals surface area contributed by atoms with Gasteiger partial charge in [-0.25, -0.2) is 4.98 Å². The zero-order valence-corrected chi connectivity index (χ0v) is 20.5. The molecule has 1 saturated carbocycles. The Labute approximate surface area is 206 Å². The minimum absolute atomic E-state index is 0.0145. The highest BCUT2D eigenvalue weighted by molar-refractivity contribution is 7.13. The average Bonchev–Trinajstić information content (AvgIpc) is 3.43. The van der Waals surface area contributed by atoms with Crippen LogP contribution in [0.25, 0.3) is 10.9 Å². The van der Waals surface area contributed by atoms with E-state index in [1.54, 1.807) is 18.2 Å². The molecule has 5 N–H and O–H groups in total. The van der Waals surface area contributed by atoms with E-state index < -0.39 is 11.6 Å². The van der Waals surface area contributed by atoms with E-state index in [0.717, 1.165) is 41.0 Å². The number of rotatable bonds is 5. The standard InChI is InChI=1S/C24H28ClN5O3S/c1-30-7-5-17-19(11-30)34-23(28-17)22(33)29-20-8-13(12-31)4-6-24(20,26)21(32)18-10-14-9-15(25)2-3-16(14)27-18/h2-3,9-10,13,20,27,31H,4-8,11-12,26H2,1H3,(H,29,33). The van der Waals surface area contributed by atoms with Crippen LogP contribution in [0, 0.1) is 5.92 Å². The average molecular weight is 502 g/mol. The highest BCUT2D eigenvalue weighted by Crippen LogP contribution is 2.34. The Morgan fingerprint density at radius 2 is 2.24 bits per heavy atom. The van der Waals surface area contributed by atoms with Crippen molar-refractivity contribution in [3.63, 3.8) is 0 Å². The number of nitrogens with one attached hydrogen (secondary N) is 2. The van der Waals surface area contributed by atoms with Gasteiger partial charge in [0.25, 0.3) is 5.91 Å². The van der Waals surface area contributed by atoms with Gasteiger partial charge in [-0.2, -0.15) is 0 Å². The number of thiazole rings is 1. The number of aromatic amines is 1. The number of likely N-dealkylation sites (N-methyl/N-ethyl adjacent to an activating group) is 1. The van der Waals surface area contributed by atoms with Crippen LogP contribution in [0.15, 0.2) is 24.3 Å². The molecule has 3 heterocycles. The Kier molecular flexibility index (Phi) is 6.24. The number of carbonyl (C=O) groups excluding carboxylic acids is 2. The molecule has 34 heavy (non-hydrogen) atoms. The largest absolute Gasteiger partial charge is 0.396 e. The second-order valence-corrected chi connectivity index (χ2v) is 11.0. The molecule has 1 fully saturated rings. The lowest BCUT2D eigenvalue weighted by Gasteiger charge is -2.42. The van der Waals surface area contributed by atoms with Crippen LogP contribution in [0.3, 0.4) is 0 Å². The van der Waals surface area contributed by atoms with Crippen LogP contribution in [0.2, 0.25) is 5.02 Å². The second kappa shape index (κ2) is 9.05. The van der Waals surface area contributed by atoms with E-state index in [1.807, 2.05) is 13.1 Å². The number of amides is 1. The number of nitrogens with two attached hydrogens (primary N) is 1. The molecule has 3 unspecified atom stereocenters. The van der Waals surface area contributed by atoms with Gasteiger partial charge in [-0.1, -0.05) is 11.6 Å². The molecule has 10 heteroatoms. The summed E-state index contributed by atoms with van der Waals surface area (Å²) >= 11 is 7.49. The van der Waals surface area contributed by atoms with Crippen molar-refractivity contribution in [2.75, 3.05) is 20.2 Å². The molecule has 1 aliphatic carbocycles. The summed E-state index contributed by atoms with van der Waals surface area (Å²) in [4.78, 5) is 37.9. The zero-order chi connectivity index (χ0) is 24.0. The molecule has 1 aliphatic heterocycles. The highest BCUT2D eigenvalue weighted by atomic mass is 35.5. The van der Waals surface area contributed by atoms with Gasteiger partial charge in [0.05, 0.1) is 17.4 Å². The van der Waals surface area contributed by atoms with E-state index in [1.165, 1.54) is 11.3 Å². The van der Waals surface area contributed by atoms with Crippen LogP contribution in [0.1, 0.15) is 50.1 Å². The summed E-state index contributed by atoms with van der Waals surface area (Å²) < 4.78 is 0. The lowest BCUT2D eigenvalue weighted by molar-refractivity contribution is 0.0661. The third-order valence-electron chi connectivity index (χ3n) is 7.09. The normalized spacial score (nSPS) is 25.3. The van der Waals surface area contributed by atoms with Crippen molar-refractivity contribution in [2.24, 2.45) is 11.7 Å². The lowest BCUT2D eigenvalue weighted by Crippen LogP contribution is -2.65. The molecule has 8 nitrogen and oxygen atoms in total. The quantitative estimate of drug-likeness (QED) is 0.398. The first-order valence-corrected chi connectivity index (χ1v) is 12.7. The Balaban J connectivity index is 1.42. The molecule has 0 bridgehead atoms. The van der Waals surface area contributed by atoms with E-state index in [2.05, 4.69) is 20.2 Å². The van der Waals surface area contributed by atoms with Crippen molar-refractivity contribution in [3.05, 3.63) is 50.6 Å². The first-order chi connectivity index (χ1) is 16.3. The number of carbonyl (C=O) groups is 2. The van der Waals surface area contributed by atoms with Crippen LogP contribution in [-0.2, 0) is 13.0 Å². The SMILES string of the molecule is CN1CCc2nc(C(=O)NC3CC(CO)CCC3(N)C(=O)c3cc4cc(Cl)ccc4[nH]3)sc2C1. The van der Waals surface area contributed by atoms with Gasteiger partial charge in [-0.3, -0.25) is 9.59 Å². The predicted molar refractivity (Wildman–Crippen MR) is 132 cm³/mol. The van der Waals surface area contributed by atoms with E-state index in [4.69, 9.17) is 17.3 Å². The first kappa shape index (κ1) is 23.4. The summed E-state index contributed by atoms with van der Waals surface area (Å²) in [6, 6.07) is 6.49. The minimum atomic E-state index is -1.30. The topological polar surface area (TPSA) is 124 Å². The maximum absolute atomic E-state index is 13.7. The molecular formula is C24H28ClN5O3S. The maximum Gasteiger partial charge on any atom is 0.280 e. The molecule has 2 aliphatic rings. The van der Waals surface area contributed by atoms with Crippen molar-refractivity contribution < 1.29 is 14.7 Å². The number of aromatic nitrogens is 2. The van der Waals surface area contributed by atoms with E-state index >= 15 is 0 Å². The molecule has 1 aromatic carbocycles. The molecule has 180 valence electrons. The molecule has 3 atom stereocenters. The third-order valence-corrected chi connectivity index (χ3v) is 8.40. The fourth-order valence-electron chi connectivity index (χ4n) is 5.02. The number of hydrogen-bond donors (Lipinski definition) is 4. The number of aliphatic hydroxyl groups excluding tert-OH is 1. The summed E-state index contributed by atoms with van der Waals surface area (Å²) in [6.07, 6.45) is 2.20. The number of benzene rings is 1. The Bertz CT molecular complexity index is 1260. The molecule has 2 aromatic heterocycles. The molecule has 0 radical (unpaired) electrons. The molecule has 0 spiro atoms. The van der Waals surface area contributed by atoms with Crippen molar-refractivity contribution >= 4 is 45.5 Å². The number of H-pyrrole nitrogens is 1. The summed E-state index contributed by atoms with van der Waals surface area (Å²) in [5.41, 5.74) is 7.62. The van der Waals surface area contributed by atoms with Crippen LogP contribution < -0.4 is 11.1 Å². The number of fused-ring (bicyclic) bond motifs is 2. The van der Waals surface area contributed by atoms with Gasteiger partial charge >= 0.3 is 0 Å². The van der Waals surface area contributed by atoms with Gasteiger partial charge in [-0.05, 0) is 56.5 Å². The van der Waals surface area contributed by atoms with Gasteiger partial charge in [0.15, 0.2) is 5.01 Å². The number of nitrogens with zero attached hydrogens (tertiary/aromatic N) is 2. The van der Waals surface area contributed by atoms with E-state index in [9.17, 15) is 14.7 Å². The second-order valence-electron chi connectivity index (χ2n) is 9.51. The molecular weight excluding hydrogens is 474 g/mol. The lowest BCUT2D eigenvalue weighted by atomic mass is 9.70. The van der Waals surface area contributed by atoms with Gasteiger partial charge in [0, 0.05) is 46.9 Å². The Morgan fingerprint density at radius 3 is 3.03 bits per heavy atom. The van der Waals surface area contributed by atoms with Crippen LogP contribution in [-0.4, -0.2) is 63.4 Å². The number of Topliss-reactive ketones (excluding diaryl/α,β-unsaturated/α-hetero) is 1.